The van der Waals surface area contributed by atoms with Crippen molar-refractivity contribution in [2.45, 2.75) is 6.42 Å². The summed E-state index contributed by atoms with van der Waals surface area (Å²) in [7, 11) is 0. The van der Waals surface area contributed by atoms with Crippen molar-refractivity contribution < 1.29 is 18.3 Å². The Balaban J connectivity index is 2.35. The summed E-state index contributed by atoms with van der Waals surface area (Å²) in [5.74, 6) is -2.60. The first kappa shape index (κ1) is 11.7. The molecule has 1 unspecified atom stereocenters. The molecule has 0 aliphatic carbocycles. The summed E-state index contributed by atoms with van der Waals surface area (Å²) in [5, 5.41) is 0. The SMILES string of the molecule is O=C(c1c(F)cc(Br)cc1F)C1CCOC1. The summed E-state index contributed by atoms with van der Waals surface area (Å²) in [6, 6.07) is 2.18. The maximum Gasteiger partial charge on any atom is 0.174 e. The summed E-state index contributed by atoms with van der Waals surface area (Å²) >= 11 is 2.96. The minimum Gasteiger partial charge on any atom is -0.381 e. The number of ketones is 1. The Kier molecular flexibility index (Phi) is 3.35. The van der Waals surface area contributed by atoms with Crippen LogP contribution in [-0.2, 0) is 4.74 Å². The van der Waals surface area contributed by atoms with E-state index < -0.39 is 28.9 Å². The van der Waals surface area contributed by atoms with Crippen molar-refractivity contribution in [3.63, 3.8) is 0 Å². The number of hydrogen-bond donors (Lipinski definition) is 0. The predicted molar refractivity (Wildman–Crippen MR) is 57.3 cm³/mol. The van der Waals surface area contributed by atoms with E-state index in [-0.39, 0.29) is 11.1 Å². The van der Waals surface area contributed by atoms with Gasteiger partial charge in [0.25, 0.3) is 0 Å². The highest BCUT2D eigenvalue weighted by Gasteiger charge is 2.29. The van der Waals surface area contributed by atoms with Gasteiger partial charge < -0.3 is 4.74 Å². The fourth-order valence-electron chi connectivity index (χ4n) is 1.72. The van der Waals surface area contributed by atoms with Crippen molar-refractivity contribution in [3.8, 4) is 0 Å². The zero-order chi connectivity index (χ0) is 11.7. The van der Waals surface area contributed by atoms with Crippen LogP contribution in [0.5, 0.6) is 0 Å². The van der Waals surface area contributed by atoms with E-state index in [4.69, 9.17) is 4.74 Å². The van der Waals surface area contributed by atoms with Gasteiger partial charge in [0.05, 0.1) is 12.2 Å². The topological polar surface area (TPSA) is 26.3 Å². The molecule has 2 rings (SSSR count). The zero-order valence-electron chi connectivity index (χ0n) is 8.30. The fraction of sp³-hybridized carbons (Fsp3) is 0.364. The average molecular weight is 291 g/mol. The first-order valence-corrected chi connectivity index (χ1v) is 5.65. The van der Waals surface area contributed by atoms with Gasteiger partial charge in [-0.3, -0.25) is 4.79 Å². The molecule has 0 N–H and O–H groups in total. The normalized spacial score (nSPS) is 20.1. The summed E-state index contributed by atoms with van der Waals surface area (Å²) in [6.45, 7) is 0.712. The van der Waals surface area contributed by atoms with Crippen LogP contribution in [0.2, 0.25) is 0 Å². The fourth-order valence-corrected chi connectivity index (χ4v) is 2.12. The van der Waals surface area contributed by atoms with E-state index in [2.05, 4.69) is 15.9 Å². The molecule has 0 radical (unpaired) electrons. The van der Waals surface area contributed by atoms with Crippen LogP contribution in [0.15, 0.2) is 16.6 Å². The Morgan fingerprint density at radius 2 is 2.00 bits per heavy atom. The minimum atomic E-state index is -0.830. The van der Waals surface area contributed by atoms with Crippen molar-refractivity contribution in [1.29, 1.82) is 0 Å². The third-order valence-corrected chi connectivity index (χ3v) is 3.01. The van der Waals surface area contributed by atoms with Gasteiger partial charge in [-0.1, -0.05) is 15.9 Å². The lowest BCUT2D eigenvalue weighted by molar-refractivity contribution is 0.0891. The molecule has 16 heavy (non-hydrogen) atoms. The second-order valence-corrected chi connectivity index (χ2v) is 4.58. The highest BCUT2D eigenvalue weighted by Crippen LogP contribution is 2.25. The molecule has 1 saturated heterocycles. The standard InChI is InChI=1S/C11H9BrF2O2/c12-7-3-8(13)10(9(14)4-7)11(15)6-1-2-16-5-6/h3-4,6H,1-2,5H2. The molecule has 0 aromatic heterocycles. The molecule has 1 aliphatic rings. The molecule has 0 amide bonds. The van der Waals surface area contributed by atoms with Gasteiger partial charge in [-0.15, -0.1) is 0 Å². The summed E-state index contributed by atoms with van der Waals surface area (Å²) < 4.78 is 32.3. The molecular formula is C11H9BrF2O2. The first-order chi connectivity index (χ1) is 7.59. The maximum atomic E-state index is 13.5. The zero-order valence-corrected chi connectivity index (χ0v) is 9.89. The number of halogens is 3. The van der Waals surface area contributed by atoms with Crippen LogP contribution >= 0.6 is 15.9 Å². The minimum absolute atomic E-state index is 0.244. The lowest BCUT2D eigenvalue weighted by atomic mass is 9.96. The van der Waals surface area contributed by atoms with Crippen LogP contribution in [0.4, 0.5) is 8.78 Å². The van der Waals surface area contributed by atoms with Crippen LogP contribution in [-0.4, -0.2) is 19.0 Å². The van der Waals surface area contributed by atoms with Crippen LogP contribution in [0, 0.1) is 17.6 Å². The molecule has 5 heteroatoms. The lowest BCUT2D eigenvalue weighted by Gasteiger charge is -2.08. The molecule has 1 heterocycles. The van der Waals surface area contributed by atoms with Crippen molar-refractivity contribution in [2.75, 3.05) is 13.2 Å². The maximum absolute atomic E-state index is 13.5. The van der Waals surface area contributed by atoms with E-state index in [0.29, 0.717) is 13.0 Å². The number of ether oxygens (including phenoxy) is 1. The van der Waals surface area contributed by atoms with Gasteiger partial charge in [-0.2, -0.15) is 0 Å². The molecule has 1 fully saturated rings. The number of rotatable bonds is 2. The molecule has 1 aromatic rings. The van der Waals surface area contributed by atoms with E-state index in [1.807, 2.05) is 0 Å². The van der Waals surface area contributed by atoms with E-state index in [0.717, 1.165) is 12.1 Å². The molecular weight excluding hydrogens is 282 g/mol. The van der Waals surface area contributed by atoms with Gasteiger partial charge in [0, 0.05) is 17.0 Å². The Morgan fingerprint density at radius 1 is 1.38 bits per heavy atom. The van der Waals surface area contributed by atoms with E-state index in [9.17, 15) is 13.6 Å². The van der Waals surface area contributed by atoms with Gasteiger partial charge in [-0.25, -0.2) is 8.78 Å². The Hall–Kier alpha value is -0.810. The highest BCUT2D eigenvalue weighted by molar-refractivity contribution is 9.10. The van der Waals surface area contributed by atoms with Gasteiger partial charge in [0.1, 0.15) is 11.6 Å². The lowest BCUT2D eigenvalue weighted by Crippen LogP contribution is -2.17. The molecule has 2 nitrogen and oxygen atoms in total. The van der Waals surface area contributed by atoms with Crippen molar-refractivity contribution in [1.82, 2.24) is 0 Å². The number of benzene rings is 1. The smallest absolute Gasteiger partial charge is 0.174 e. The monoisotopic (exact) mass is 290 g/mol. The Labute approximate surface area is 99.7 Å². The van der Waals surface area contributed by atoms with Gasteiger partial charge in [-0.05, 0) is 18.6 Å². The molecule has 0 saturated carbocycles. The molecule has 0 spiro atoms. The van der Waals surface area contributed by atoms with E-state index in [1.54, 1.807) is 0 Å². The third kappa shape index (κ3) is 2.15. The summed E-state index contributed by atoms with van der Waals surface area (Å²) in [4.78, 5) is 11.8. The second kappa shape index (κ2) is 4.59. The molecule has 1 atom stereocenters. The van der Waals surface area contributed by atoms with Crippen LogP contribution < -0.4 is 0 Å². The van der Waals surface area contributed by atoms with Crippen molar-refractivity contribution >= 4 is 21.7 Å². The number of carbonyl (C=O) groups is 1. The van der Waals surface area contributed by atoms with Gasteiger partial charge >= 0.3 is 0 Å². The van der Waals surface area contributed by atoms with Crippen LogP contribution in [0.1, 0.15) is 16.8 Å². The van der Waals surface area contributed by atoms with E-state index in [1.165, 1.54) is 0 Å². The van der Waals surface area contributed by atoms with Crippen LogP contribution in [0.3, 0.4) is 0 Å². The third-order valence-electron chi connectivity index (χ3n) is 2.55. The van der Waals surface area contributed by atoms with Crippen LogP contribution in [0.25, 0.3) is 0 Å². The predicted octanol–water partition coefficient (Wildman–Crippen LogP) is 2.95. The van der Waals surface area contributed by atoms with Crippen molar-refractivity contribution in [3.05, 3.63) is 33.8 Å². The van der Waals surface area contributed by atoms with Gasteiger partial charge in [0.2, 0.25) is 0 Å². The second-order valence-electron chi connectivity index (χ2n) is 3.67. The molecule has 1 aromatic carbocycles. The number of carbonyl (C=O) groups excluding carboxylic acids is 1. The quantitative estimate of drug-likeness (QED) is 0.783. The molecule has 86 valence electrons. The Bertz CT molecular complexity index is 405. The van der Waals surface area contributed by atoms with E-state index >= 15 is 0 Å². The Morgan fingerprint density at radius 3 is 2.50 bits per heavy atom. The number of Topliss-reactive ketones (excluding diaryl/α,β-unsaturated/α-hetero) is 1. The van der Waals surface area contributed by atoms with Gasteiger partial charge in [0.15, 0.2) is 5.78 Å². The van der Waals surface area contributed by atoms with Crippen molar-refractivity contribution in [2.24, 2.45) is 5.92 Å². The summed E-state index contributed by atoms with van der Waals surface area (Å²) in [5.41, 5.74) is -0.460. The largest absolute Gasteiger partial charge is 0.381 e. The first-order valence-electron chi connectivity index (χ1n) is 4.86. The molecule has 0 bridgehead atoms. The average Bonchev–Trinajstić information content (AvgIpc) is 2.67. The number of hydrogen-bond acceptors (Lipinski definition) is 2. The molecule has 1 aliphatic heterocycles. The highest BCUT2D eigenvalue weighted by atomic mass is 79.9. The summed E-state index contributed by atoms with van der Waals surface area (Å²) in [6.07, 6.45) is 0.522.